The van der Waals surface area contributed by atoms with E-state index < -0.39 is 8.07 Å². The molecule has 0 aliphatic carbocycles. The van der Waals surface area contributed by atoms with Gasteiger partial charge in [0.1, 0.15) is 8.07 Å². The van der Waals surface area contributed by atoms with Crippen LogP contribution in [0, 0.1) is 11.8 Å². The zero-order chi connectivity index (χ0) is 14.0. The molecule has 0 aliphatic heterocycles. The lowest BCUT2D eigenvalue weighted by Crippen LogP contribution is -2.39. The van der Waals surface area contributed by atoms with Crippen molar-refractivity contribution in [3.05, 3.63) is 42.1 Å². The first-order valence-corrected chi connectivity index (χ1v) is 10.4. The third-order valence-electron chi connectivity index (χ3n) is 3.27. The predicted octanol–water partition coefficient (Wildman–Crippen LogP) is 4.67. The fourth-order valence-electron chi connectivity index (χ4n) is 1.94. The summed E-state index contributed by atoms with van der Waals surface area (Å²) in [6.45, 7) is 7.00. The minimum absolute atomic E-state index is 0.999. The van der Waals surface area contributed by atoms with E-state index in [0.717, 1.165) is 19.3 Å². The van der Waals surface area contributed by atoms with Crippen LogP contribution in [0.15, 0.2) is 42.1 Å². The lowest BCUT2D eigenvalue weighted by molar-refractivity contribution is 0.827. The second-order valence-corrected chi connectivity index (χ2v) is 9.84. The summed E-state index contributed by atoms with van der Waals surface area (Å²) in [6.07, 6.45) is 7.95. The Balaban J connectivity index is 2.37. The summed E-state index contributed by atoms with van der Waals surface area (Å²) in [5, 5.41) is 1.50. The lowest BCUT2D eigenvalue weighted by atomic mass is 10.2. The van der Waals surface area contributed by atoms with Crippen LogP contribution in [0.3, 0.4) is 0 Å². The van der Waals surface area contributed by atoms with E-state index in [9.17, 15) is 0 Å². The molecule has 0 spiro atoms. The molecule has 102 valence electrons. The molecule has 1 aromatic rings. The number of rotatable bonds is 6. The molecule has 1 aromatic carbocycles. The highest BCUT2D eigenvalue weighted by Crippen LogP contribution is 2.06. The highest BCUT2D eigenvalue weighted by atomic mass is 28.3. The highest BCUT2D eigenvalue weighted by molar-refractivity contribution is 6.93. The summed E-state index contributed by atoms with van der Waals surface area (Å²) < 4.78 is 0. The minimum atomic E-state index is -1.39. The van der Waals surface area contributed by atoms with Crippen LogP contribution in [-0.4, -0.2) is 8.07 Å². The Morgan fingerprint density at radius 3 is 2.42 bits per heavy atom. The largest absolute Gasteiger partial charge is 0.103 e. The van der Waals surface area contributed by atoms with Gasteiger partial charge in [0.15, 0.2) is 0 Å². The van der Waals surface area contributed by atoms with Crippen molar-refractivity contribution in [1.82, 2.24) is 0 Å². The second kappa shape index (κ2) is 8.77. The van der Waals surface area contributed by atoms with Crippen molar-refractivity contribution in [2.75, 3.05) is 0 Å². The molecule has 0 unspecified atom stereocenters. The molecular weight excluding hydrogens is 244 g/mol. The molecule has 0 bridgehead atoms. The average Bonchev–Trinajstić information content (AvgIpc) is 2.43. The maximum Gasteiger partial charge on any atom is 0.103 e. The van der Waals surface area contributed by atoms with Crippen molar-refractivity contribution in [2.24, 2.45) is 0 Å². The Morgan fingerprint density at radius 2 is 1.74 bits per heavy atom. The van der Waals surface area contributed by atoms with E-state index in [0.29, 0.717) is 0 Å². The Bertz CT molecular complexity index is 432. The first kappa shape index (κ1) is 15.8. The van der Waals surface area contributed by atoms with E-state index in [2.05, 4.69) is 74.0 Å². The van der Waals surface area contributed by atoms with Gasteiger partial charge in [0.05, 0.1) is 0 Å². The maximum atomic E-state index is 3.26. The van der Waals surface area contributed by atoms with Gasteiger partial charge >= 0.3 is 0 Å². The quantitative estimate of drug-likeness (QED) is 0.400. The smallest absolute Gasteiger partial charge is 0.103 e. The summed E-state index contributed by atoms with van der Waals surface area (Å²) in [5.74, 6) is 6.50. The monoisotopic (exact) mass is 270 g/mol. The molecule has 0 aromatic heterocycles. The van der Waals surface area contributed by atoms with Crippen LogP contribution in [0.2, 0.25) is 13.1 Å². The molecule has 0 amide bonds. The summed E-state index contributed by atoms with van der Waals surface area (Å²) in [5.41, 5.74) is 2.44. The van der Waals surface area contributed by atoms with Crippen LogP contribution >= 0.6 is 0 Å². The number of hydrogen-bond donors (Lipinski definition) is 0. The van der Waals surface area contributed by atoms with Crippen molar-refractivity contribution in [2.45, 2.75) is 52.1 Å². The fourth-order valence-corrected chi connectivity index (χ4v) is 3.94. The molecule has 0 saturated carbocycles. The molecule has 1 heteroatoms. The van der Waals surface area contributed by atoms with E-state index in [1.165, 1.54) is 18.0 Å². The van der Waals surface area contributed by atoms with Gasteiger partial charge in [-0.25, -0.2) is 0 Å². The zero-order valence-corrected chi connectivity index (χ0v) is 13.6. The molecule has 0 nitrogen and oxygen atoms in total. The standard InChI is InChI=1S/C18H26Si/c1-4-5-6-7-8-9-10-14-17-19(2,3)18-15-12-11-13-16-18/h11-17H,4-6,9-10H2,1-3H3/b17-14+. The van der Waals surface area contributed by atoms with E-state index in [1.807, 2.05) is 0 Å². The molecule has 0 radical (unpaired) electrons. The first-order chi connectivity index (χ1) is 9.17. The van der Waals surface area contributed by atoms with Crippen molar-refractivity contribution >= 4 is 13.3 Å². The molecule has 1 rings (SSSR count). The van der Waals surface area contributed by atoms with Gasteiger partial charge in [0.2, 0.25) is 0 Å². The minimum Gasteiger partial charge on any atom is -0.103 e. The van der Waals surface area contributed by atoms with Gasteiger partial charge in [-0.2, -0.15) is 0 Å². The number of unbranched alkanes of at least 4 members (excludes halogenated alkanes) is 3. The first-order valence-electron chi connectivity index (χ1n) is 7.36. The van der Waals surface area contributed by atoms with E-state index >= 15 is 0 Å². The van der Waals surface area contributed by atoms with Crippen LogP contribution in [0.4, 0.5) is 0 Å². The Morgan fingerprint density at radius 1 is 1.05 bits per heavy atom. The van der Waals surface area contributed by atoms with Crippen molar-refractivity contribution in [3.8, 4) is 11.8 Å². The van der Waals surface area contributed by atoms with Crippen LogP contribution in [0.25, 0.3) is 0 Å². The Hall–Kier alpha value is -1.26. The van der Waals surface area contributed by atoms with Gasteiger partial charge in [-0.3, -0.25) is 0 Å². The molecule has 19 heavy (non-hydrogen) atoms. The summed E-state index contributed by atoms with van der Waals surface area (Å²) in [4.78, 5) is 0. The van der Waals surface area contributed by atoms with E-state index in [4.69, 9.17) is 0 Å². The van der Waals surface area contributed by atoms with Gasteiger partial charge in [0, 0.05) is 12.8 Å². The van der Waals surface area contributed by atoms with Crippen molar-refractivity contribution in [3.63, 3.8) is 0 Å². The summed E-state index contributed by atoms with van der Waals surface area (Å²) >= 11 is 0. The van der Waals surface area contributed by atoms with Crippen LogP contribution in [-0.2, 0) is 0 Å². The van der Waals surface area contributed by atoms with E-state index in [-0.39, 0.29) is 0 Å². The molecular formula is C18H26Si. The van der Waals surface area contributed by atoms with Gasteiger partial charge in [-0.05, 0) is 12.8 Å². The lowest BCUT2D eigenvalue weighted by Gasteiger charge is -2.18. The number of hydrogen-bond acceptors (Lipinski definition) is 0. The Kier molecular flexibility index (Phi) is 7.29. The molecule has 0 N–H and O–H groups in total. The zero-order valence-electron chi connectivity index (χ0n) is 12.6. The van der Waals surface area contributed by atoms with Crippen molar-refractivity contribution in [1.29, 1.82) is 0 Å². The van der Waals surface area contributed by atoms with Crippen LogP contribution < -0.4 is 5.19 Å². The number of benzene rings is 1. The van der Waals surface area contributed by atoms with Crippen LogP contribution in [0.5, 0.6) is 0 Å². The second-order valence-electron chi connectivity index (χ2n) is 5.49. The van der Waals surface area contributed by atoms with E-state index in [1.54, 1.807) is 0 Å². The molecule has 0 saturated heterocycles. The van der Waals surface area contributed by atoms with Gasteiger partial charge in [-0.1, -0.05) is 73.7 Å². The van der Waals surface area contributed by atoms with Gasteiger partial charge in [-0.15, -0.1) is 11.8 Å². The molecule has 0 aliphatic rings. The van der Waals surface area contributed by atoms with Crippen molar-refractivity contribution < 1.29 is 0 Å². The molecule has 0 fully saturated rings. The topological polar surface area (TPSA) is 0 Å². The normalized spacial score (nSPS) is 11.3. The third-order valence-corrected chi connectivity index (χ3v) is 6.16. The summed E-state index contributed by atoms with van der Waals surface area (Å²) in [6, 6.07) is 10.9. The number of allylic oxidation sites excluding steroid dienone is 1. The highest BCUT2D eigenvalue weighted by Gasteiger charge is 2.18. The third kappa shape index (κ3) is 6.45. The molecule has 0 heterocycles. The molecule has 0 atom stereocenters. The fraction of sp³-hybridized carbons (Fsp3) is 0.444. The van der Waals surface area contributed by atoms with Gasteiger partial charge < -0.3 is 0 Å². The van der Waals surface area contributed by atoms with Gasteiger partial charge in [0.25, 0.3) is 0 Å². The van der Waals surface area contributed by atoms with Crippen LogP contribution in [0.1, 0.15) is 39.0 Å². The summed E-state index contributed by atoms with van der Waals surface area (Å²) in [7, 11) is -1.39. The SMILES string of the molecule is CCCCC#CCC/C=C/[Si](C)(C)c1ccccc1. The maximum absolute atomic E-state index is 3.26. The average molecular weight is 270 g/mol. The predicted molar refractivity (Wildman–Crippen MR) is 89.2 cm³/mol. The Labute approximate surface area is 120 Å².